The monoisotopic (exact) mass is 393 g/mol. The number of rotatable bonds is 6. The number of nitrogens with zero attached hydrogens (tertiary/aromatic N) is 3. The van der Waals surface area contributed by atoms with Gasteiger partial charge in [-0.2, -0.15) is 0 Å². The topological polar surface area (TPSA) is 60.9 Å². The van der Waals surface area contributed by atoms with Gasteiger partial charge in [0.05, 0.1) is 11.7 Å². The van der Waals surface area contributed by atoms with Crippen LogP contribution in [-0.4, -0.2) is 80.5 Å². The molecule has 150 valence electrons. The number of amides is 1. The maximum Gasteiger partial charge on any atom is 0.227 e. The van der Waals surface area contributed by atoms with Crippen molar-refractivity contribution in [3.05, 3.63) is 35.9 Å². The molecule has 0 N–H and O–H groups in total. The highest BCUT2D eigenvalue weighted by atomic mass is 32.2. The average molecular weight is 394 g/mol. The summed E-state index contributed by atoms with van der Waals surface area (Å²) < 4.78 is 27.1. The van der Waals surface area contributed by atoms with Gasteiger partial charge in [0.25, 0.3) is 0 Å². The molecule has 0 aliphatic carbocycles. The first kappa shape index (κ1) is 20.3. The molecule has 2 aliphatic heterocycles. The van der Waals surface area contributed by atoms with Crippen LogP contribution in [0.3, 0.4) is 0 Å². The molecule has 2 heterocycles. The lowest BCUT2D eigenvalue weighted by molar-refractivity contribution is -0.138. The van der Waals surface area contributed by atoms with Crippen molar-refractivity contribution in [1.29, 1.82) is 0 Å². The fourth-order valence-corrected chi connectivity index (χ4v) is 5.50. The largest absolute Gasteiger partial charge is 0.340 e. The summed E-state index contributed by atoms with van der Waals surface area (Å²) in [4.78, 5) is 16.9. The minimum absolute atomic E-state index is 0.132. The molecule has 1 aromatic carbocycles. The highest BCUT2D eigenvalue weighted by Gasteiger charge is 2.34. The molecule has 0 unspecified atom stereocenters. The lowest BCUT2D eigenvalue weighted by Crippen LogP contribution is -2.52. The summed E-state index contributed by atoms with van der Waals surface area (Å²) in [5.41, 5.74) is 1.16. The molecule has 1 aromatic rings. The van der Waals surface area contributed by atoms with Gasteiger partial charge >= 0.3 is 0 Å². The lowest BCUT2D eigenvalue weighted by Gasteiger charge is -2.37. The van der Waals surface area contributed by atoms with Crippen molar-refractivity contribution in [2.75, 3.05) is 52.1 Å². The molecule has 2 fully saturated rings. The van der Waals surface area contributed by atoms with Crippen LogP contribution >= 0.6 is 0 Å². The van der Waals surface area contributed by atoms with E-state index in [-0.39, 0.29) is 17.6 Å². The van der Waals surface area contributed by atoms with Gasteiger partial charge in [0.2, 0.25) is 15.9 Å². The number of carbonyl (C=O) groups excluding carboxylic acids is 1. The van der Waals surface area contributed by atoms with E-state index >= 15 is 0 Å². The molecule has 3 rings (SSSR count). The van der Waals surface area contributed by atoms with E-state index in [1.54, 1.807) is 4.31 Å². The molecule has 7 heteroatoms. The maximum atomic E-state index is 12.8. The van der Waals surface area contributed by atoms with E-state index in [4.69, 9.17) is 0 Å². The summed E-state index contributed by atoms with van der Waals surface area (Å²) in [7, 11) is -1.24. The van der Waals surface area contributed by atoms with Crippen LogP contribution in [0.25, 0.3) is 0 Å². The Kier molecular flexibility index (Phi) is 6.89. The predicted octanol–water partition coefficient (Wildman–Crippen LogP) is 1.44. The molecule has 1 amide bonds. The number of aryl methyl sites for hydroxylation is 1. The summed E-state index contributed by atoms with van der Waals surface area (Å²) in [5, 5.41) is 0. The molecule has 1 atom stereocenters. The summed E-state index contributed by atoms with van der Waals surface area (Å²) in [6.45, 7) is 4.16. The zero-order valence-corrected chi connectivity index (χ0v) is 17.0. The first-order valence-corrected chi connectivity index (χ1v) is 11.6. The second kappa shape index (κ2) is 9.17. The van der Waals surface area contributed by atoms with Crippen molar-refractivity contribution in [3.63, 3.8) is 0 Å². The Labute approximate surface area is 163 Å². The van der Waals surface area contributed by atoms with E-state index in [1.807, 2.05) is 35.2 Å². The van der Waals surface area contributed by atoms with Crippen molar-refractivity contribution >= 4 is 15.9 Å². The first-order valence-electron chi connectivity index (χ1n) is 9.95. The number of hydrogen-bond acceptors (Lipinski definition) is 4. The minimum atomic E-state index is -3.31. The number of benzene rings is 1. The first-order chi connectivity index (χ1) is 13.0. The van der Waals surface area contributed by atoms with Gasteiger partial charge in [0.15, 0.2) is 0 Å². The second-order valence-electron chi connectivity index (χ2n) is 7.73. The Morgan fingerprint density at radius 3 is 2.48 bits per heavy atom. The minimum Gasteiger partial charge on any atom is -0.340 e. The second-order valence-corrected chi connectivity index (χ2v) is 9.82. The summed E-state index contributed by atoms with van der Waals surface area (Å²) >= 11 is 0. The van der Waals surface area contributed by atoms with Gasteiger partial charge < -0.3 is 9.80 Å². The molecule has 27 heavy (non-hydrogen) atoms. The number of likely N-dealkylation sites (N-methyl/N-ethyl adjacent to an activating group) is 1. The third kappa shape index (κ3) is 5.53. The van der Waals surface area contributed by atoms with Crippen LogP contribution in [-0.2, 0) is 21.2 Å². The normalized spacial score (nSPS) is 22.7. The smallest absolute Gasteiger partial charge is 0.227 e. The van der Waals surface area contributed by atoms with Crippen LogP contribution in [0.2, 0.25) is 0 Å². The van der Waals surface area contributed by atoms with Crippen LogP contribution in [0.15, 0.2) is 30.3 Å². The predicted molar refractivity (Wildman–Crippen MR) is 107 cm³/mol. The molecular formula is C20H31N3O3S. The Hall–Kier alpha value is -1.44. The van der Waals surface area contributed by atoms with E-state index in [1.165, 1.54) is 0 Å². The van der Waals surface area contributed by atoms with Gasteiger partial charge in [0.1, 0.15) is 0 Å². The van der Waals surface area contributed by atoms with Crippen LogP contribution in [0.1, 0.15) is 24.8 Å². The van der Waals surface area contributed by atoms with Crippen molar-refractivity contribution in [3.8, 4) is 0 Å². The van der Waals surface area contributed by atoms with Crippen LogP contribution in [0.5, 0.6) is 0 Å². The number of carbonyl (C=O) groups is 1. The molecular weight excluding hydrogens is 362 g/mol. The number of hydrogen-bond donors (Lipinski definition) is 0. The van der Waals surface area contributed by atoms with Crippen molar-refractivity contribution in [2.24, 2.45) is 5.92 Å². The SMILES string of the molecule is CN1CCN(C(=O)[C@@H]2CCCN(S(=O)(=O)CCCc3ccccc3)C2)CC1. The molecule has 0 radical (unpaired) electrons. The Morgan fingerprint density at radius 1 is 1.07 bits per heavy atom. The van der Waals surface area contributed by atoms with E-state index in [0.717, 1.165) is 51.0 Å². The molecule has 2 saturated heterocycles. The standard InChI is InChI=1S/C20H31N3O3S/c1-21-12-14-22(15-13-21)20(24)19-10-5-11-23(17-19)27(25,26)16-6-9-18-7-3-2-4-8-18/h2-4,7-8,19H,5-6,9-17H2,1H3/t19-/m1/s1. The van der Waals surface area contributed by atoms with Crippen molar-refractivity contribution in [1.82, 2.24) is 14.1 Å². The highest BCUT2D eigenvalue weighted by molar-refractivity contribution is 7.89. The molecule has 0 spiro atoms. The summed E-state index contributed by atoms with van der Waals surface area (Å²) in [5.74, 6) is 0.0930. The number of piperidine rings is 1. The summed E-state index contributed by atoms with van der Waals surface area (Å²) in [6, 6.07) is 9.97. The van der Waals surface area contributed by atoms with E-state index in [0.29, 0.717) is 19.5 Å². The van der Waals surface area contributed by atoms with Gasteiger partial charge in [-0.05, 0) is 38.3 Å². The van der Waals surface area contributed by atoms with Gasteiger partial charge in [0, 0.05) is 39.3 Å². The van der Waals surface area contributed by atoms with Gasteiger partial charge in [-0.1, -0.05) is 30.3 Å². The van der Waals surface area contributed by atoms with Gasteiger partial charge in [-0.25, -0.2) is 12.7 Å². The van der Waals surface area contributed by atoms with E-state index in [2.05, 4.69) is 11.9 Å². The zero-order valence-electron chi connectivity index (χ0n) is 16.2. The lowest BCUT2D eigenvalue weighted by atomic mass is 9.98. The average Bonchev–Trinajstić information content (AvgIpc) is 2.69. The van der Waals surface area contributed by atoms with Crippen LogP contribution < -0.4 is 0 Å². The highest BCUT2D eigenvalue weighted by Crippen LogP contribution is 2.22. The fraction of sp³-hybridized carbons (Fsp3) is 0.650. The Morgan fingerprint density at radius 2 is 1.78 bits per heavy atom. The van der Waals surface area contributed by atoms with Crippen molar-refractivity contribution < 1.29 is 13.2 Å². The van der Waals surface area contributed by atoms with E-state index in [9.17, 15) is 13.2 Å². The maximum absolute atomic E-state index is 12.8. The fourth-order valence-electron chi connectivity index (χ4n) is 3.91. The number of sulfonamides is 1. The molecule has 0 aromatic heterocycles. The molecule has 6 nitrogen and oxygen atoms in total. The molecule has 2 aliphatic rings. The molecule has 0 saturated carbocycles. The molecule has 0 bridgehead atoms. The van der Waals surface area contributed by atoms with Gasteiger partial charge in [-0.15, -0.1) is 0 Å². The van der Waals surface area contributed by atoms with E-state index < -0.39 is 10.0 Å². The Bertz CT molecular complexity index is 715. The van der Waals surface area contributed by atoms with Gasteiger partial charge in [-0.3, -0.25) is 4.79 Å². The number of piperazine rings is 1. The Balaban J connectivity index is 1.52. The third-order valence-corrected chi connectivity index (χ3v) is 7.58. The van der Waals surface area contributed by atoms with Crippen LogP contribution in [0.4, 0.5) is 0 Å². The van der Waals surface area contributed by atoms with Crippen LogP contribution in [0, 0.1) is 5.92 Å². The quantitative estimate of drug-likeness (QED) is 0.734. The third-order valence-electron chi connectivity index (χ3n) is 5.65. The zero-order chi connectivity index (χ0) is 19.3. The van der Waals surface area contributed by atoms with Crippen molar-refractivity contribution in [2.45, 2.75) is 25.7 Å². The summed E-state index contributed by atoms with van der Waals surface area (Å²) in [6.07, 6.45) is 2.93.